The van der Waals surface area contributed by atoms with Crippen LogP contribution in [0.25, 0.3) is 10.8 Å². The van der Waals surface area contributed by atoms with Crippen LogP contribution in [0.1, 0.15) is 64.8 Å². The van der Waals surface area contributed by atoms with Crippen LogP contribution < -0.4 is 0 Å². The Hall–Kier alpha value is -0.950. The van der Waals surface area contributed by atoms with Gasteiger partial charge in [-0.3, -0.25) is 0 Å². The molecule has 0 nitrogen and oxygen atoms in total. The van der Waals surface area contributed by atoms with E-state index in [1.165, 1.54) is 64.3 Å². The average molecular weight is 525 g/mol. The summed E-state index contributed by atoms with van der Waals surface area (Å²) >= 11 is 0. The van der Waals surface area contributed by atoms with Crippen LogP contribution in [0.5, 0.6) is 0 Å². The van der Waals surface area contributed by atoms with Crippen LogP contribution >= 0.6 is 0 Å². The molecule has 3 aromatic rings. The summed E-state index contributed by atoms with van der Waals surface area (Å²) < 4.78 is 0. The monoisotopic (exact) mass is 526 g/mol. The molecule has 1 aliphatic rings. The second-order valence-corrected chi connectivity index (χ2v) is 8.64. The number of benzene rings is 1. The molecule has 0 aliphatic heterocycles. The van der Waals surface area contributed by atoms with Crippen LogP contribution in [0, 0.1) is 40.5 Å². The summed E-state index contributed by atoms with van der Waals surface area (Å²) in [6.45, 7) is 15.6. The Bertz CT molecular complexity index is 837. The Kier molecular flexibility index (Phi) is 7.47. The summed E-state index contributed by atoms with van der Waals surface area (Å²) in [4.78, 5) is 0. The number of fused-ring (bicyclic) bond motifs is 2. The van der Waals surface area contributed by atoms with Crippen LogP contribution in [-0.4, -0.2) is 0 Å². The molecule has 27 heavy (non-hydrogen) atoms. The predicted molar refractivity (Wildman–Crippen MR) is 116 cm³/mol. The van der Waals surface area contributed by atoms with Crippen molar-refractivity contribution in [3.63, 3.8) is 0 Å². The van der Waals surface area contributed by atoms with Crippen molar-refractivity contribution in [2.45, 2.75) is 74.1 Å². The Labute approximate surface area is 184 Å². The van der Waals surface area contributed by atoms with E-state index in [1.54, 1.807) is 16.7 Å². The molecule has 0 fully saturated rings. The molecule has 0 radical (unpaired) electrons. The van der Waals surface area contributed by atoms with E-state index in [9.17, 15) is 0 Å². The summed E-state index contributed by atoms with van der Waals surface area (Å²) in [5.74, 6) is 0.749. The first-order valence-electron chi connectivity index (χ1n) is 10.2. The molecule has 0 saturated carbocycles. The summed E-state index contributed by atoms with van der Waals surface area (Å²) in [6, 6.07) is 9.49. The van der Waals surface area contributed by atoms with Gasteiger partial charge in [-0.15, -0.1) is 34.5 Å². The Balaban J connectivity index is 0.000000208. The minimum Gasteiger partial charge on any atom is -0.196 e. The van der Waals surface area contributed by atoms with E-state index in [0.29, 0.717) is 0 Å². The van der Waals surface area contributed by atoms with Gasteiger partial charge in [-0.25, -0.2) is 0 Å². The maximum Gasteiger partial charge on any atom is 0 e. The molecule has 1 aliphatic carbocycles. The van der Waals surface area contributed by atoms with Crippen molar-refractivity contribution in [1.82, 2.24) is 0 Å². The van der Waals surface area contributed by atoms with Gasteiger partial charge in [0.15, 0.2) is 0 Å². The normalized spacial score (nSPS) is 12.7. The number of rotatable bonds is 2. The van der Waals surface area contributed by atoms with Crippen molar-refractivity contribution in [3.05, 3.63) is 68.8 Å². The Morgan fingerprint density at radius 2 is 1.48 bits per heavy atom. The van der Waals surface area contributed by atoms with Gasteiger partial charge in [-0.1, -0.05) is 71.9 Å². The van der Waals surface area contributed by atoms with Crippen molar-refractivity contribution < 1.29 is 25.8 Å². The molecule has 144 valence electrons. The Morgan fingerprint density at radius 3 is 1.96 bits per heavy atom. The largest absolute Gasteiger partial charge is 0.196 e. The molecule has 0 heterocycles. The van der Waals surface area contributed by atoms with Crippen LogP contribution in [0.3, 0.4) is 0 Å². The molecule has 0 amide bonds. The molecule has 0 unspecified atom stereocenters. The molecule has 0 spiro atoms. The van der Waals surface area contributed by atoms with Gasteiger partial charge >= 0.3 is 0 Å². The maximum atomic E-state index is 2.45. The van der Waals surface area contributed by atoms with Crippen LogP contribution in [-0.2, 0) is 45.1 Å². The summed E-state index contributed by atoms with van der Waals surface area (Å²) in [5.41, 5.74) is 12.1. The Morgan fingerprint density at radius 1 is 0.926 bits per heavy atom. The molecular formula is C26H34Hf-2. The quantitative estimate of drug-likeness (QED) is 0.246. The van der Waals surface area contributed by atoms with E-state index >= 15 is 0 Å². The molecular weight excluding hydrogens is 491 g/mol. The molecule has 0 N–H and O–H groups in total. The van der Waals surface area contributed by atoms with Crippen LogP contribution in [0.15, 0.2) is 24.3 Å². The summed E-state index contributed by atoms with van der Waals surface area (Å²) in [5, 5.41) is 2.96. The van der Waals surface area contributed by atoms with E-state index in [1.807, 2.05) is 0 Å². The van der Waals surface area contributed by atoms with Gasteiger partial charge in [0, 0.05) is 25.8 Å². The first-order valence-corrected chi connectivity index (χ1v) is 10.2. The minimum atomic E-state index is 0. The van der Waals surface area contributed by atoms with Crippen molar-refractivity contribution >= 4 is 10.8 Å². The van der Waals surface area contributed by atoms with Gasteiger partial charge in [0.25, 0.3) is 0 Å². The van der Waals surface area contributed by atoms with Gasteiger partial charge in [0.2, 0.25) is 0 Å². The SMILES string of the molecule is CC(C)C[c-]1ccc2cc3c(cc21)CCC3.Cc1c(C)c(C)[c-](C)c1C.[Hf]. The molecule has 3 aromatic carbocycles. The molecule has 4 rings (SSSR count). The predicted octanol–water partition coefficient (Wildman–Crippen LogP) is 7.19. The molecule has 1 heteroatoms. The first kappa shape index (κ1) is 22.3. The van der Waals surface area contributed by atoms with E-state index in [2.05, 4.69) is 72.7 Å². The van der Waals surface area contributed by atoms with Gasteiger partial charge < -0.3 is 0 Å². The van der Waals surface area contributed by atoms with Crippen molar-refractivity contribution in [3.8, 4) is 0 Å². The van der Waals surface area contributed by atoms with Crippen molar-refractivity contribution in [2.75, 3.05) is 0 Å². The zero-order chi connectivity index (χ0) is 19.0. The molecule has 0 saturated heterocycles. The number of aryl methyl sites for hydroxylation is 2. The zero-order valence-corrected chi connectivity index (χ0v) is 21.8. The third-order valence-corrected chi connectivity index (χ3v) is 6.51. The van der Waals surface area contributed by atoms with Crippen LogP contribution in [0.4, 0.5) is 0 Å². The fourth-order valence-electron chi connectivity index (χ4n) is 4.36. The molecule has 0 bridgehead atoms. The van der Waals surface area contributed by atoms with Crippen molar-refractivity contribution in [2.24, 2.45) is 5.92 Å². The first-order chi connectivity index (χ1) is 12.3. The third-order valence-electron chi connectivity index (χ3n) is 6.51. The van der Waals surface area contributed by atoms with Gasteiger partial charge in [-0.2, -0.15) is 33.9 Å². The van der Waals surface area contributed by atoms with Crippen LogP contribution in [0.2, 0.25) is 0 Å². The van der Waals surface area contributed by atoms with E-state index in [4.69, 9.17) is 0 Å². The van der Waals surface area contributed by atoms with Gasteiger partial charge in [0.05, 0.1) is 0 Å². The third kappa shape index (κ3) is 4.56. The average Bonchev–Trinajstić information content (AvgIpc) is 3.26. The number of hydrogen-bond acceptors (Lipinski definition) is 0. The van der Waals surface area contributed by atoms with Gasteiger partial charge in [-0.05, 0) is 19.3 Å². The fraction of sp³-hybridized carbons (Fsp3) is 0.462. The summed E-state index contributed by atoms with van der Waals surface area (Å²) in [7, 11) is 0. The second-order valence-electron chi connectivity index (χ2n) is 8.64. The molecule has 0 atom stereocenters. The van der Waals surface area contributed by atoms with Crippen molar-refractivity contribution in [1.29, 1.82) is 0 Å². The standard InChI is InChI=1S/C16H19.C10H15.Hf/c1-11(2)8-14-6-7-15-9-12-4-3-5-13(12)10-16(14)15;1-6-7(2)9(4)10(5)8(6)3;/h6-7,9-11H,3-5,8H2,1-2H3;1-5H3;/q2*-1;. The van der Waals surface area contributed by atoms with Gasteiger partial charge in [0.1, 0.15) is 0 Å². The van der Waals surface area contributed by atoms with E-state index in [-0.39, 0.29) is 25.8 Å². The zero-order valence-electron chi connectivity index (χ0n) is 18.2. The van der Waals surface area contributed by atoms with E-state index < -0.39 is 0 Å². The molecule has 0 aromatic heterocycles. The minimum absolute atomic E-state index is 0. The maximum absolute atomic E-state index is 2.45. The second kappa shape index (κ2) is 9.03. The fourth-order valence-corrected chi connectivity index (χ4v) is 4.36. The summed E-state index contributed by atoms with van der Waals surface area (Å²) in [6.07, 6.45) is 5.14. The topological polar surface area (TPSA) is 0 Å². The van der Waals surface area contributed by atoms with E-state index in [0.717, 1.165) is 5.92 Å². The smallest absolute Gasteiger partial charge is 0 e. The number of hydrogen-bond donors (Lipinski definition) is 0.